The van der Waals surface area contributed by atoms with Crippen molar-refractivity contribution in [1.82, 2.24) is 25.0 Å². The lowest BCUT2D eigenvalue weighted by molar-refractivity contribution is 0.0703. The van der Waals surface area contributed by atoms with Gasteiger partial charge < -0.3 is 9.42 Å². The van der Waals surface area contributed by atoms with E-state index in [1.807, 2.05) is 0 Å². The fourth-order valence-electron chi connectivity index (χ4n) is 2.71. The summed E-state index contributed by atoms with van der Waals surface area (Å²) in [5, 5.41) is 4.04. The topological polar surface area (TPSA) is 85.0 Å². The van der Waals surface area contributed by atoms with E-state index in [1.165, 1.54) is 12.4 Å². The summed E-state index contributed by atoms with van der Waals surface area (Å²) in [6, 6.07) is -0.139. The van der Waals surface area contributed by atoms with Crippen LogP contribution in [0, 0.1) is 0 Å². The zero-order chi connectivity index (χ0) is 14.2. The first-order valence-electron chi connectivity index (χ1n) is 7.23. The number of nitrogens with zero attached hydrogens (tertiary/aromatic N) is 5. The van der Waals surface area contributed by atoms with E-state index >= 15 is 0 Å². The first-order chi connectivity index (χ1) is 10.3. The summed E-state index contributed by atoms with van der Waals surface area (Å²) in [7, 11) is 0. The molecule has 3 heterocycles. The summed E-state index contributed by atoms with van der Waals surface area (Å²) in [6.45, 7) is 0.682. The lowest BCUT2D eigenvalue weighted by atomic mass is 10.2. The molecule has 0 spiro atoms. The van der Waals surface area contributed by atoms with Crippen LogP contribution in [0.4, 0.5) is 0 Å². The molecule has 2 aliphatic rings. The first kappa shape index (κ1) is 12.4. The van der Waals surface area contributed by atoms with Crippen LogP contribution in [0.25, 0.3) is 0 Å². The second kappa shape index (κ2) is 4.91. The lowest BCUT2D eigenvalue weighted by Gasteiger charge is -2.21. The van der Waals surface area contributed by atoms with E-state index < -0.39 is 0 Å². The molecule has 0 bridgehead atoms. The summed E-state index contributed by atoms with van der Waals surface area (Å²) >= 11 is 0. The molecule has 1 saturated heterocycles. The van der Waals surface area contributed by atoms with Gasteiger partial charge in [-0.1, -0.05) is 5.16 Å². The van der Waals surface area contributed by atoms with E-state index in [2.05, 4.69) is 20.1 Å². The van der Waals surface area contributed by atoms with Gasteiger partial charge in [0.25, 0.3) is 5.91 Å². The van der Waals surface area contributed by atoms with E-state index in [9.17, 15) is 4.79 Å². The Morgan fingerprint density at radius 2 is 2.19 bits per heavy atom. The fraction of sp³-hybridized carbons (Fsp3) is 0.500. The molecule has 0 aromatic carbocycles. The molecule has 1 saturated carbocycles. The van der Waals surface area contributed by atoms with Crippen LogP contribution in [0.15, 0.2) is 23.1 Å². The number of hydrogen-bond acceptors (Lipinski definition) is 6. The highest BCUT2D eigenvalue weighted by atomic mass is 16.5. The number of amides is 1. The summed E-state index contributed by atoms with van der Waals surface area (Å²) in [5.74, 6) is 1.65. The van der Waals surface area contributed by atoms with E-state index in [4.69, 9.17) is 4.52 Å². The largest absolute Gasteiger partial charge is 0.337 e. The number of carbonyl (C=O) groups excluding carboxylic acids is 1. The van der Waals surface area contributed by atoms with E-state index in [0.29, 0.717) is 24.0 Å². The van der Waals surface area contributed by atoms with Crippen molar-refractivity contribution in [2.45, 2.75) is 37.6 Å². The molecule has 7 heteroatoms. The quantitative estimate of drug-likeness (QED) is 0.853. The Balaban J connectivity index is 1.58. The van der Waals surface area contributed by atoms with Crippen LogP contribution in [0.2, 0.25) is 0 Å². The molecule has 0 radical (unpaired) electrons. The molecular weight excluding hydrogens is 270 g/mol. The van der Waals surface area contributed by atoms with Crippen molar-refractivity contribution >= 4 is 5.91 Å². The Labute approximate surface area is 121 Å². The predicted octanol–water partition coefficient (Wildman–Crippen LogP) is 1.71. The van der Waals surface area contributed by atoms with Crippen molar-refractivity contribution in [1.29, 1.82) is 0 Å². The van der Waals surface area contributed by atoms with Gasteiger partial charge >= 0.3 is 0 Å². The average Bonchev–Trinajstić information content (AvgIpc) is 3.07. The maximum absolute atomic E-state index is 12.5. The van der Waals surface area contributed by atoms with Gasteiger partial charge in [-0.15, -0.1) is 0 Å². The smallest absolute Gasteiger partial charge is 0.274 e. The minimum atomic E-state index is -0.139. The molecule has 1 amide bonds. The molecule has 2 aromatic heterocycles. The van der Waals surface area contributed by atoms with Crippen LogP contribution in [-0.2, 0) is 0 Å². The summed E-state index contributed by atoms with van der Waals surface area (Å²) in [5.41, 5.74) is 0.353. The highest BCUT2D eigenvalue weighted by Crippen LogP contribution is 2.39. The maximum atomic E-state index is 12.5. The molecule has 1 aliphatic heterocycles. The molecule has 7 nitrogen and oxygen atoms in total. The summed E-state index contributed by atoms with van der Waals surface area (Å²) in [6.07, 6.45) is 8.60. The van der Waals surface area contributed by atoms with E-state index in [1.54, 1.807) is 11.1 Å². The van der Waals surface area contributed by atoms with Crippen LogP contribution in [0.3, 0.4) is 0 Å². The zero-order valence-corrected chi connectivity index (χ0v) is 11.5. The van der Waals surface area contributed by atoms with Gasteiger partial charge in [0, 0.05) is 24.9 Å². The zero-order valence-electron chi connectivity index (χ0n) is 11.5. The number of carbonyl (C=O) groups is 1. The third kappa shape index (κ3) is 2.28. The number of likely N-dealkylation sites (tertiary alicyclic amines) is 1. The van der Waals surface area contributed by atoms with Gasteiger partial charge in [0.05, 0.1) is 6.20 Å². The van der Waals surface area contributed by atoms with Crippen LogP contribution < -0.4 is 0 Å². The highest BCUT2D eigenvalue weighted by molar-refractivity contribution is 5.92. The molecule has 2 aromatic rings. The molecule has 4 rings (SSSR count). The first-order valence-corrected chi connectivity index (χ1v) is 7.23. The van der Waals surface area contributed by atoms with Crippen molar-refractivity contribution in [2.75, 3.05) is 6.54 Å². The highest BCUT2D eigenvalue weighted by Gasteiger charge is 2.36. The summed E-state index contributed by atoms with van der Waals surface area (Å²) < 4.78 is 5.38. The normalized spacial score (nSPS) is 21.7. The van der Waals surface area contributed by atoms with Gasteiger partial charge in [-0.2, -0.15) is 4.98 Å². The third-order valence-electron chi connectivity index (χ3n) is 3.98. The van der Waals surface area contributed by atoms with Crippen LogP contribution in [0.1, 0.15) is 59.8 Å². The van der Waals surface area contributed by atoms with Crippen molar-refractivity contribution in [3.8, 4) is 0 Å². The third-order valence-corrected chi connectivity index (χ3v) is 3.98. The SMILES string of the molecule is O=C(c1cnccn1)N1CCCC1c1nc(C2CC2)no1. The molecule has 108 valence electrons. The van der Waals surface area contributed by atoms with Crippen molar-refractivity contribution in [3.63, 3.8) is 0 Å². The van der Waals surface area contributed by atoms with Gasteiger partial charge in [0.1, 0.15) is 11.7 Å². The molecule has 21 heavy (non-hydrogen) atoms. The molecule has 0 N–H and O–H groups in total. The van der Waals surface area contributed by atoms with Gasteiger partial charge in [0.15, 0.2) is 5.82 Å². The lowest BCUT2D eigenvalue weighted by Crippen LogP contribution is -2.31. The molecule has 1 atom stereocenters. The molecule has 1 unspecified atom stereocenters. The maximum Gasteiger partial charge on any atom is 0.274 e. The number of aromatic nitrogens is 4. The van der Waals surface area contributed by atoms with Crippen molar-refractivity contribution < 1.29 is 9.32 Å². The minimum Gasteiger partial charge on any atom is -0.337 e. The van der Waals surface area contributed by atoms with Crippen LogP contribution >= 0.6 is 0 Å². The monoisotopic (exact) mass is 285 g/mol. The second-order valence-corrected chi connectivity index (χ2v) is 5.51. The number of hydrogen-bond donors (Lipinski definition) is 0. The minimum absolute atomic E-state index is 0.128. The van der Waals surface area contributed by atoms with Crippen molar-refractivity contribution in [3.05, 3.63) is 36.0 Å². The predicted molar refractivity (Wildman–Crippen MR) is 71.3 cm³/mol. The summed E-state index contributed by atoms with van der Waals surface area (Å²) in [4.78, 5) is 26.8. The molecular formula is C14H15N5O2. The van der Waals surface area contributed by atoms with Crippen LogP contribution in [-0.4, -0.2) is 37.5 Å². The number of rotatable bonds is 3. The van der Waals surface area contributed by atoms with Gasteiger partial charge in [-0.3, -0.25) is 9.78 Å². The standard InChI is InChI=1S/C14H15N5O2/c20-14(10-8-15-5-6-16-10)19-7-1-2-11(19)13-17-12(18-21-13)9-3-4-9/h5-6,8-9,11H,1-4,7H2. The Morgan fingerprint density at radius 3 is 2.95 bits per heavy atom. The van der Waals surface area contributed by atoms with Gasteiger partial charge in [-0.05, 0) is 25.7 Å². The van der Waals surface area contributed by atoms with E-state index in [0.717, 1.165) is 31.5 Å². The molecule has 1 aliphatic carbocycles. The van der Waals surface area contributed by atoms with Crippen molar-refractivity contribution in [2.24, 2.45) is 0 Å². The fourth-order valence-corrected chi connectivity index (χ4v) is 2.71. The Bertz CT molecular complexity index is 652. The Morgan fingerprint density at radius 1 is 1.29 bits per heavy atom. The Hall–Kier alpha value is -2.31. The van der Waals surface area contributed by atoms with E-state index in [-0.39, 0.29) is 11.9 Å². The average molecular weight is 285 g/mol. The van der Waals surface area contributed by atoms with Gasteiger partial charge in [-0.25, -0.2) is 4.98 Å². The van der Waals surface area contributed by atoms with Gasteiger partial charge in [0.2, 0.25) is 5.89 Å². The van der Waals surface area contributed by atoms with Crippen LogP contribution in [0.5, 0.6) is 0 Å². The molecule has 2 fully saturated rings. The second-order valence-electron chi connectivity index (χ2n) is 5.51. The Kier molecular flexibility index (Phi) is 2.90.